The largest absolute Gasteiger partial charge is 0.513 e. The fourth-order valence-corrected chi connectivity index (χ4v) is 3.37. The highest BCUT2D eigenvalue weighted by Crippen LogP contribution is 2.36. The molecule has 136 valence electrons. The lowest BCUT2D eigenvalue weighted by atomic mass is 10.0. The minimum absolute atomic E-state index is 0.148. The highest BCUT2D eigenvalue weighted by molar-refractivity contribution is 7.14. The molecule has 1 unspecified atom stereocenters. The summed E-state index contributed by atoms with van der Waals surface area (Å²) in [5.41, 5.74) is 1.50. The van der Waals surface area contributed by atoms with E-state index in [0.29, 0.717) is 27.3 Å². The summed E-state index contributed by atoms with van der Waals surface area (Å²) in [6.45, 7) is 1.70. The molecule has 2 heterocycles. The summed E-state index contributed by atoms with van der Waals surface area (Å²) in [6, 6.07) is 3.11. The molecule has 3 rings (SSSR count). The molecule has 0 fully saturated rings. The first-order chi connectivity index (χ1) is 12.4. The van der Waals surface area contributed by atoms with Crippen molar-refractivity contribution >= 4 is 46.5 Å². The summed E-state index contributed by atoms with van der Waals surface area (Å²) in [5.74, 6) is 0.128. The Labute approximate surface area is 162 Å². The molecule has 1 atom stereocenters. The van der Waals surface area contributed by atoms with Crippen LogP contribution in [0.3, 0.4) is 0 Å². The first-order valence-electron chi connectivity index (χ1n) is 7.26. The molecule has 10 heteroatoms. The second-order valence-electron chi connectivity index (χ2n) is 5.20. The molecule has 0 bridgehead atoms. The number of ether oxygens (including phenoxy) is 2. The van der Waals surface area contributed by atoms with Crippen LogP contribution >= 0.6 is 34.5 Å². The second-order valence-corrected chi connectivity index (χ2v) is 7.05. The molecule has 1 aliphatic heterocycles. The standard InChI is InChI=1S/C16H12Cl2FN3O3S/c1-7-13(25-16(23)24-2)12(9-4-3-8(19)5-10(9)17)22-14(20-7)11-6-26-15(18)21-11/h3-6,12H,1-2H3,(H,20,22). The molecule has 0 spiro atoms. The predicted molar refractivity (Wildman–Crippen MR) is 97.1 cm³/mol. The van der Waals surface area contributed by atoms with E-state index < -0.39 is 18.0 Å². The van der Waals surface area contributed by atoms with E-state index in [4.69, 9.17) is 27.9 Å². The number of carbonyl (C=O) groups excluding carboxylic acids is 1. The van der Waals surface area contributed by atoms with Gasteiger partial charge in [0.25, 0.3) is 0 Å². The van der Waals surface area contributed by atoms with Crippen LogP contribution in [0.15, 0.2) is 40.0 Å². The maximum absolute atomic E-state index is 13.4. The fourth-order valence-electron chi connectivity index (χ4n) is 2.35. The van der Waals surface area contributed by atoms with E-state index in [9.17, 15) is 9.18 Å². The van der Waals surface area contributed by atoms with E-state index >= 15 is 0 Å². The maximum atomic E-state index is 13.4. The Morgan fingerprint density at radius 2 is 2.15 bits per heavy atom. The first-order valence-corrected chi connectivity index (χ1v) is 8.90. The van der Waals surface area contributed by atoms with Gasteiger partial charge in [-0.3, -0.25) is 0 Å². The number of nitrogens with zero attached hydrogens (tertiary/aromatic N) is 2. The van der Waals surface area contributed by atoms with Crippen LogP contribution in [0.4, 0.5) is 9.18 Å². The Bertz CT molecular complexity index is 929. The lowest BCUT2D eigenvalue weighted by Crippen LogP contribution is -2.31. The molecule has 0 aliphatic carbocycles. The normalized spacial score (nSPS) is 16.8. The molecular formula is C16H12Cl2FN3O3S. The van der Waals surface area contributed by atoms with E-state index in [-0.39, 0.29) is 10.8 Å². The van der Waals surface area contributed by atoms with Crippen LogP contribution in [0.2, 0.25) is 9.49 Å². The third-order valence-corrected chi connectivity index (χ3v) is 4.82. The summed E-state index contributed by atoms with van der Waals surface area (Å²) in [4.78, 5) is 20.3. The van der Waals surface area contributed by atoms with Gasteiger partial charge in [-0.15, -0.1) is 11.3 Å². The third-order valence-electron chi connectivity index (χ3n) is 3.52. The number of allylic oxidation sites excluding steroid dienone is 1. The fraction of sp³-hybridized carbons (Fsp3) is 0.188. The van der Waals surface area contributed by atoms with Crippen LogP contribution in [-0.4, -0.2) is 24.1 Å². The smallest absolute Gasteiger partial charge is 0.437 e. The van der Waals surface area contributed by atoms with Crippen molar-refractivity contribution in [2.75, 3.05) is 7.11 Å². The minimum atomic E-state index is -0.903. The number of benzene rings is 1. The number of thiazole rings is 1. The molecule has 1 aromatic carbocycles. The highest BCUT2D eigenvalue weighted by Gasteiger charge is 2.30. The van der Waals surface area contributed by atoms with E-state index in [2.05, 4.69) is 20.0 Å². The molecule has 1 N–H and O–H groups in total. The van der Waals surface area contributed by atoms with Crippen molar-refractivity contribution in [1.29, 1.82) is 0 Å². The summed E-state index contributed by atoms with van der Waals surface area (Å²) in [6.07, 6.45) is -0.903. The Balaban J connectivity index is 2.08. The molecule has 0 amide bonds. The van der Waals surface area contributed by atoms with Gasteiger partial charge in [0.05, 0.1) is 12.8 Å². The van der Waals surface area contributed by atoms with Crippen LogP contribution in [0.25, 0.3) is 0 Å². The quantitative estimate of drug-likeness (QED) is 0.735. The lowest BCUT2D eigenvalue weighted by Gasteiger charge is -2.26. The number of aromatic nitrogens is 1. The Hall–Kier alpha value is -2.16. The van der Waals surface area contributed by atoms with Gasteiger partial charge in [-0.1, -0.05) is 29.3 Å². The van der Waals surface area contributed by atoms with Gasteiger partial charge in [0.1, 0.15) is 17.6 Å². The number of rotatable bonds is 3. The van der Waals surface area contributed by atoms with E-state index in [1.54, 1.807) is 12.3 Å². The van der Waals surface area contributed by atoms with Crippen molar-refractivity contribution < 1.29 is 18.7 Å². The number of halogens is 3. The molecule has 0 saturated heterocycles. The van der Waals surface area contributed by atoms with Crippen molar-refractivity contribution in [3.05, 3.63) is 61.6 Å². The third kappa shape index (κ3) is 3.82. The molecule has 1 aromatic heterocycles. The van der Waals surface area contributed by atoms with Crippen molar-refractivity contribution in [2.45, 2.75) is 13.0 Å². The topological polar surface area (TPSA) is 72.8 Å². The van der Waals surface area contributed by atoms with E-state index in [0.717, 1.165) is 0 Å². The van der Waals surface area contributed by atoms with Crippen LogP contribution in [0, 0.1) is 5.82 Å². The summed E-state index contributed by atoms with van der Waals surface area (Å²) < 4.78 is 23.6. The average Bonchev–Trinajstić information content (AvgIpc) is 3.03. The minimum Gasteiger partial charge on any atom is -0.437 e. The SMILES string of the molecule is COC(=O)OC1=C(C)NC(c2csc(Cl)n2)=NC1c1ccc(F)cc1Cl. The van der Waals surface area contributed by atoms with Crippen molar-refractivity contribution in [2.24, 2.45) is 4.99 Å². The second kappa shape index (κ2) is 7.61. The van der Waals surface area contributed by atoms with Gasteiger partial charge in [0.2, 0.25) is 0 Å². The van der Waals surface area contributed by atoms with Gasteiger partial charge in [0.15, 0.2) is 16.1 Å². The van der Waals surface area contributed by atoms with Crippen LogP contribution < -0.4 is 5.32 Å². The monoisotopic (exact) mass is 415 g/mol. The average molecular weight is 416 g/mol. The van der Waals surface area contributed by atoms with Crippen LogP contribution in [-0.2, 0) is 9.47 Å². The van der Waals surface area contributed by atoms with Gasteiger partial charge >= 0.3 is 6.16 Å². The van der Waals surface area contributed by atoms with E-state index in [1.807, 2.05) is 0 Å². The maximum Gasteiger partial charge on any atom is 0.513 e. The number of hydrogen-bond donors (Lipinski definition) is 1. The molecule has 6 nitrogen and oxygen atoms in total. The number of amidine groups is 1. The van der Waals surface area contributed by atoms with Gasteiger partial charge in [-0.25, -0.2) is 19.2 Å². The molecule has 0 radical (unpaired) electrons. The zero-order valence-electron chi connectivity index (χ0n) is 13.5. The highest BCUT2D eigenvalue weighted by atomic mass is 35.5. The van der Waals surface area contributed by atoms with Gasteiger partial charge in [0, 0.05) is 16.0 Å². The Morgan fingerprint density at radius 3 is 2.77 bits per heavy atom. The Kier molecular flexibility index (Phi) is 5.45. The summed E-state index contributed by atoms with van der Waals surface area (Å²) in [7, 11) is 1.19. The molecule has 0 saturated carbocycles. The number of aliphatic imine (C=N–C) groups is 1. The first kappa shape index (κ1) is 18.6. The number of methoxy groups -OCH3 is 1. The molecular weight excluding hydrogens is 404 g/mol. The predicted octanol–water partition coefficient (Wildman–Crippen LogP) is 4.69. The number of hydrogen-bond acceptors (Lipinski definition) is 7. The molecule has 26 heavy (non-hydrogen) atoms. The van der Waals surface area contributed by atoms with E-state index in [1.165, 1.54) is 36.6 Å². The number of nitrogens with one attached hydrogen (secondary N) is 1. The summed E-state index contributed by atoms with van der Waals surface area (Å²) in [5, 5.41) is 4.90. The Morgan fingerprint density at radius 1 is 1.38 bits per heavy atom. The van der Waals surface area contributed by atoms with Gasteiger partial charge in [-0.2, -0.15) is 0 Å². The van der Waals surface area contributed by atoms with Gasteiger partial charge < -0.3 is 14.8 Å². The zero-order chi connectivity index (χ0) is 18.8. The van der Waals surface area contributed by atoms with Crippen molar-refractivity contribution in [3.8, 4) is 0 Å². The lowest BCUT2D eigenvalue weighted by molar-refractivity contribution is 0.0913. The van der Waals surface area contributed by atoms with Crippen LogP contribution in [0.5, 0.6) is 0 Å². The van der Waals surface area contributed by atoms with Crippen molar-refractivity contribution in [1.82, 2.24) is 10.3 Å². The zero-order valence-corrected chi connectivity index (χ0v) is 15.9. The van der Waals surface area contributed by atoms with Gasteiger partial charge in [-0.05, 0) is 19.1 Å². The van der Waals surface area contributed by atoms with Crippen LogP contribution in [0.1, 0.15) is 24.2 Å². The van der Waals surface area contributed by atoms with Crippen molar-refractivity contribution in [3.63, 3.8) is 0 Å². The molecule has 1 aliphatic rings. The number of carbonyl (C=O) groups is 1. The summed E-state index contributed by atoms with van der Waals surface area (Å²) >= 11 is 13.3. The molecule has 2 aromatic rings.